The van der Waals surface area contributed by atoms with Crippen LogP contribution in [-0.4, -0.2) is 49.2 Å². The normalized spacial score (nSPS) is 12.4. The van der Waals surface area contributed by atoms with Crippen molar-refractivity contribution in [1.82, 2.24) is 29.8 Å². The Morgan fingerprint density at radius 1 is 1.34 bits per heavy atom. The second-order valence-electron chi connectivity index (χ2n) is 6.92. The molecule has 0 unspecified atom stereocenters. The van der Waals surface area contributed by atoms with E-state index in [1.165, 1.54) is 6.92 Å². The van der Waals surface area contributed by atoms with Crippen molar-refractivity contribution < 1.29 is 9.90 Å². The summed E-state index contributed by atoms with van der Waals surface area (Å²) in [6.45, 7) is 1.41. The molecule has 4 rings (SSSR count). The highest BCUT2D eigenvalue weighted by atomic mass is 16.3. The molecule has 1 amide bonds. The number of fused-ring (bicyclic) bond motifs is 3. The average Bonchev–Trinajstić information content (AvgIpc) is 3.30. The van der Waals surface area contributed by atoms with Crippen molar-refractivity contribution in [3.05, 3.63) is 36.3 Å². The Morgan fingerprint density at radius 3 is 2.90 bits per heavy atom. The Hall–Kier alpha value is -3.46. The molecule has 9 nitrogen and oxygen atoms in total. The predicted octanol–water partition coefficient (Wildman–Crippen LogP) is 2.11. The number of aliphatic hydroxyl groups excluding tert-OH is 1. The number of imidazole rings is 1. The summed E-state index contributed by atoms with van der Waals surface area (Å²) in [4.78, 5) is 28.7. The number of carbonyl (C=O) groups excluding carboxylic acids is 1. The third-order valence-electron chi connectivity index (χ3n) is 4.87. The summed E-state index contributed by atoms with van der Waals surface area (Å²) in [6.07, 6.45) is 2.16. The van der Waals surface area contributed by atoms with E-state index >= 15 is 0 Å². The van der Waals surface area contributed by atoms with Crippen molar-refractivity contribution in [1.29, 1.82) is 0 Å². The van der Waals surface area contributed by atoms with Gasteiger partial charge in [0.05, 0.1) is 35.0 Å². The van der Waals surface area contributed by atoms with Gasteiger partial charge < -0.3 is 25.3 Å². The molecule has 4 heterocycles. The number of aryl methyl sites for hydroxylation is 1. The smallest absolute Gasteiger partial charge is 0.217 e. The van der Waals surface area contributed by atoms with Gasteiger partial charge in [-0.1, -0.05) is 6.07 Å². The molecule has 9 heteroatoms. The lowest BCUT2D eigenvalue weighted by atomic mass is 10.1. The van der Waals surface area contributed by atoms with Gasteiger partial charge in [-0.25, -0.2) is 15.0 Å². The Balaban J connectivity index is 1.82. The molecule has 4 aromatic rings. The standard InChI is InChI=1S/C20H23N7O2/c1-11(29)23-15(7-8-28)13-5-4-6-14(24-13)16-9-12-18-17(22-10-27(18)3)20(21-2)26-19(12)25-16/h4-6,9-10,15,28H,7-8H2,1-3H3,(H,23,29)(H2,21,25,26)/t15-/m0/s1. The van der Waals surface area contributed by atoms with Gasteiger partial charge in [-0.15, -0.1) is 0 Å². The SMILES string of the molecule is CNc1nc2[nH]c(-c3cccc([C@H](CCO)NC(C)=O)n3)cc2c2c1ncn2C. The number of pyridine rings is 2. The molecule has 4 N–H and O–H groups in total. The first kappa shape index (κ1) is 18.9. The number of hydrogen-bond donors (Lipinski definition) is 4. The summed E-state index contributed by atoms with van der Waals surface area (Å²) in [5, 5.41) is 16.2. The lowest BCUT2D eigenvalue weighted by molar-refractivity contribution is -0.119. The summed E-state index contributed by atoms with van der Waals surface area (Å²) in [5.41, 5.74) is 4.77. The van der Waals surface area contributed by atoms with Gasteiger partial charge in [-0.05, 0) is 24.6 Å². The number of nitrogens with one attached hydrogen (secondary N) is 3. The number of amides is 1. The van der Waals surface area contributed by atoms with Gasteiger partial charge in [0, 0.05) is 33.0 Å². The number of H-pyrrole nitrogens is 1. The fraction of sp³-hybridized carbons (Fsp3) is 0.300. The van der Waals surface area contributed by atoms with E-state index in [0.717, 1.165) is 33.5 Å². The number of rotatable bonds is 6. The van der Waals surface area contributed by atoms with Crippen LogP contribution in [0.25, 0.3) is 33.5 Å². The van der Waals surface area contributed by atoms with E-state index in [4.69, 9.17) is 4.98 Å². The molecule has 0 radical (unpaired) electrons. The van der Waals surface area contributed by atoms with E-state index in [-0.39, 0.29) is 18.6 Å². The lowest BCUT2D eigenvalue weighted by Gasteiger charge is -2.16. The number of hydrogen-bond acceptors (Lipinski definition) is 6. The van der Waals surface area contributed by atoms with E-state index in [0.29, 0.717) is 17.9 Å². The van der Waals surface area contributed by atoms with Gasteiger partial charge in [-0.2, -0.15) is 0 Å². The van der Waals surface area contributed by atoms with Crippen molar-refractivity contribution in [2.24, 2.45) is 7.05 Å². The van der Waals surface area contributed by atoms with Crippen LogP contribution in [-0.2, 0) is 11.8 Å². The van der Waals surface area contributed by atoms with Crippen molar-refractivity contribution in [2.75, 3.05) is 19.0 Å². The maximum atomic E-state index is 11.5. The number of anilines is 1. The highest BCUT2D eigenvalue weighted by Gasteiger charge is 2.17. The summed E-state index contributed by atoms with van der Waals surface area (Å²) in [7, 11) is 3.77. The first-order chi connectivity index (χ1) is 14.0. The van der Waals surface area contributed by atoms with Crippen LogP contribution in [0.15, 0.2) is 30.6 Å². The maximum absolute atomic E-state index is 11.5. The fourth-order valence-corrected chi connectivity index (χ4v) is 3.57. The molecule has 0 aliphatic heterocycles. The van der Waals surface area contributed by atoms with Crippen LogP contribution in [0, 0.1) is 0 Å². The number of aliphatic hydroxyl groups is 1. The molecule has 0 aliphatic carbocycles. The third kappa shape index (κ3) is 3.40. The number of carbonyl (C=O) groups is 1. The Morgan fingerprint density at radius 2 is 2.17 bits per heavy atom. The molecular formula is C20H23N7O2. The summed E-state index contributed by atoms with van der Waals surface area (Å²) < 4.78 is 1.97. The average molecular weight is 393 g/mol. The number of aromatic nitrogens is 5. The largest absolute Gasteiger partial charge is 0.396 e. The van der Waals surface area contributed by atoms with Gasteiger partial charge in [-0.3, -0.25) is 4.79 Å². The molecule has 0 aliphatic rings. The maximum Gasteiger partial charge on any atom is 0.217 e. The monoisotopic (exact) mass is 393 g/mol. The summed E-state index contributed by atoms with van der Waals surface area (Å²) in [6, 6.07) is 7.30. The van der Waals surface area contributed by atoms with Crippen molar-refractivity contribution in [3.63, 3.8) is 0 Å². The van der Waals surface area contributed by atoms with Crippen LogP contribution in [0.2, 0.25) is 0 Å². The zero-order valence-electron chi connectivity index (χ0n) is 16.5. The lowest BCUT2D eigenvalue weighted by Crippen LogP contribution is -2.27. The predicted molar refractivity (Wildman–Crippen MR) is 111 cm³/mol. The topological polar surface area (TPSA) is 121 Å². The molecule has 0 aromatic carbocycles. The first-order valence-electron chi connectivity index (χ1n) is 9.38. The molecule has 1 atom stereocenters. The summed E-state index contributed by atoms with van der Waals surface area (Å²) >= 11 is 0. The van der Waals surface area contributed by atoms with Crippen LogP contribution in [0.4, 0.5) is 5.82 Å². The zero-order valence-corrected chi connectivity index (χ0v) is 16.5. The number of nitrogens with zero attached hydrogens (tertiary/aromatic N) is 4. The van der Waals surface area contributed by atoms with Gasteiger partial charge in [0.25, 0.3) is 0 Å². The quantitative estimate of drug-likeness (QED) is 0.398. The minimum absolute atomic E-state index is 0.0432. The molecule has 0 saturated heterocycles. The van der Waals surface area contributed by atoms with E-state index in [1.807, 2.05) is 42.9 Å². The molecule has 4 aromatic heterocycles. The van der Waals surface area contributed by atoms with Crippen LogP contribution in [0.1, 0.15) is 25.1 Å². The second kappa shape index (κ2) is 7.51. The second-order valence-corrected chi connectivity index (χ2v) is 6.92. The van der Waals surface area contributed by atoms with Gasteiger partial charge in [0.2, 0.25) is 5.91 Å². The molecular weight excluding hydrogens is 370 g/mol. The van der Waals surface area contributed by atoms with Crippen molar-refractivity contribution in [3.8, 4) is 11.4 Å². The molecule has 0 saturated carbocycles. The number of aromatic amines is 1. The minimum Gasteiger partial charge on any atom is -0.396 e. The van der Waals surface area contributed by atoms with Crippen LogP contribution >= 0.6 is 0 Å². The Bertz CT molecular complexity index is 1190. The molecule has 0 fully saturated rings. The van der Waals surface area contributed by atoms with Crippen LogP contribution < -0.4 is 10.6 Å². The van der Waals surface area contributed by atoms with E-state index < -0.39 is 0 Å². The molecule has 0 bridgehead atoms. The van der Waals surface area contributed by atoms with Gasteiger partial charge in [0.15, 0.2) is 5.82 Å². The minimum atomic E-state index is -0.348. The van der Waals surface area contributed by atoms with Crippen LogP contribution in [0.3, 0.4) is 0 Å². The van der Waals surface area contributed by atoms with Crippen LogP contribution in [0.5, 0.6) is 0 Å². The van der Waals surface area contributed by atoms with Crippen molar-refractivity contribution in [2.45, 2.75) is 19.4 Å². The molecule has 29 heavy (non-hydrogen) atoms. The third-order valence-corrected chi connectivity index (χ3v) is 4.87. The van der Waals surface area contributed by atoms with Crippen molar-refractivity contribution >= 4 is 33.8 Å². The highest BCUT2D eigenvalue weighted by molar-refractivity contribution is 6.07. The molecule has 150 valence electrons. The highest BCUT2D eigenvalue weighted by Crippen LogP contribution is 2.31. The Kier molecular flexibility index (Phi) is 4.89. The fourth-order valence-electron chi connectivity index (χ4n) is 3.57. The summed E-state index contributed by atoms with van der Waals surface area (Å²) in [5.74, 6) is 0.542. The zero-order chi connectivity index (χ0) is 20.5. The molecule has 0 spiro atoms. The Labute approximate surface area is 167 Å². The van der Waals surface area contributed by atoms with Gasteiger partial charge in [0.1, 0.15) is 11.2 Å². The van der Waals surface area contributed by atoms with E-state index in [1.54, 1.807) is 6.33 Å². The first-order valence-corrected chi connectivity index (χ1v) is 9.38. The van der Waals surface area contributed by atoms with E-state index in [2.05, 4.69) is 25.6 Å². The van der Waals surface area contributed by atoms with Gasteiger partial charge >= 0.3 is 0 Å². The van der Waals surface area contributed by atoms with E-state index in [9.17, 15) is 9.90 Å².